The van der Waals surface area contributed by atoms with Gasteiger partial charge in [-0.05, 0) is 25.8 Å². The minimum absolute atomic E-state index is 0.304. The van der Waals surface area contributed by atoms with Gasteiger partial charge in [0.25, 0.3) is 0 Å². The Labute approximate surface area is 98.9 Å². The van der Waals surface area contributed by atoms with Crippen molar-refractivity contribution in [2.24, 2.45) is 5.92 Å². The number of carbonyl (C=O) groups is 1. The van der Waals surface area contributed by atoms with Crippen molar-refractivity contribution in [3.05, 3.63) is 16.1 Å². The smallest absolute Gasteiger partial charge is 0.303 e. The molecule has 0 radical (unpaired) electrons. The quantitative estimate of drug-likeness (QED) is 0.871. The molecule has 1 aliphatic heterocycles. The number of rotatable bonds is 4. The number of aryl methyl sites for hydroxylation is 1. The molecule has 16 heavy (non-hydrogen) atoms. The number of carboxylic acids is 1. The first kappa shape index (κ1) is 11.5. The molecule has 2 rings (SSSR count). The van der Waals surface area contributed by atoms with E-state index in [1.54, 1.807) is 11.3 Å². The van der Waals surface area contributed by atoms with Crippen LogP contribution in [0.3, 0.4) is 0 Å². The maximum atomic E-state index is 10.6. The van der Waals surface area contributed by atoms with Gasteiger partial charge in [-0.1, -0.05) is 0 Å². The fourth-order valence-electron chi connectivity index (χ4n) is 2.17. The minimum atomic E-state index is -0.680. The first-order chi connectivity index (χ1) is 7.63. The molecule has 1 atom stereocenters. The van der Waals surface area contributed by atoms with Gasteiger partial charge in [0.15, 0.2) is 0 Å². The second-order valence-electron chi connectivity index (χ2n) is 4.33. The topological polar surface area (TPSA) is 53.4 Å². The van der Waals surface area contributed by atoms with E-state index in [-0.39, 0.29) is 0 Å². The summed E-state index contributed by atoms with van der Waals surface area (Å²) in [4.78, 5) is 18.4. The van der Waals surface area contributed by atoms with Crippen LogP contribution in [-0.4, -0.2) is 34.0 Å². The van der Waals surface area contributed by atoms with Crippen LogP contribution in [0.4, 0.5) is 0 Å². The van der Waals surface area contributed by atoms with Crippen molar-refractivity contribution >= 4 is 17.3 Å². The Hall–Kier alpha value is -0.940. The van der Waals surface area contributed by atoms with Crippen LogP contribution in [0.15, 0.2) is 6.20 Å². The number of likely N-dealkylation sites (tertiary alicyclic amines) is 1. The zero-order valence-electron chi connectivity index (χ0n) is 9.35. The van der Waals surface area contributed by atoms with Crippen molar-refractivity contribution in [2.75, 3.05) is 13.1 Å². The number of hydrogen-bond acceptors (Lipinski definition) is 4. The lowest BCUT2D eigenvalue weighted by Gasteiger charge is -2.13. The van der Waals surface area contributed by atoms with Crippen LogP contribution in [-0.2, 0) is 11.3 Å². The molecule has 1 saturated heterocycles. The molecule has 0 bridgehead atoms. The summed E-state index contributed by atoms with van der Waals surface area (Å²) in [6, 6.07) is 0. The second kappa shape index (κ2) is 4.93. The van der Waals surface area contributed by atoms with E-state index >= 15 is 0 Å². The van der Waals surface area contributed by atoms with Gasteiger partial charge in [-0.25, -0.2) is 4.98 Å². The van der Waals surface area contributed by atoms with E-state index < -0.39 is 5.97 Å². The van der Waals surface area contributed by atoms with E-state index in [9.17, 15) is 4.79 Å². The average molecular weight is 240 g/mol. The Balaban J connectivity index is 1.82. The first-order valence-corrected chi connectivity index (χ1v) is 6.30. The molecule has 1 aromatic rings. The highest BCUT2D eigenvalue weighted by molar-refractivity contribution is 7.11. The lowest BCUT2D eigenvalue weighted by molar-refractivity contribution is -0.138. The molecule has 0 saturated carbocycles. The molecule has 1 unspecified atom stereocenters. The summed E-state index contributed by atoms with van der Waals surface area (Å²) < 4.78 is 0. The summed E-state index contributed by atoms with van der Waals surface area (Å²) in [5.41, 5.74) is 0. The SMILES string of the molecule is Cc1ncc(CN2CCC(CC(=O)O)C2)s1. The molecule has 1 fully saturated rings. The Morgan fingerprint density at radius 3 is 3.19 bits per heavy atom. The number of carboxylic acid groups (broad SMARTS) is 1. The third-order valence-electron chi connectivity index (χ3n) is 2.88. The predicted octanol–water partition coefficient (Wildman–Crippen LogP) is 1.75. The summed E-state index contributed by atoms with van der Waals surface area (Å²) in [6.07, 6.45) is 3.23. The van der Waals surface area contributed by atoms with Crippen LogP contribution in [0.1, 0.15) is 22.7 Å². The van der Waals surface area contributed by atoms with E-state index in [1.165, 1.54) is 4.88 Å². The van der Waals surface area contributed by atoms with Crippen LogP contribution in [0, 0.1) is 12.8 Å². The summed E-state index contributed by atoms with van der Waals surface area (Å²) in [5, 5.41) is 9.82. The first-order valence-electron chi connectivity index (χ1n) is 5.49. The Morgan fingerprint density at radius 2 is 2.56 bits per heavy atom. The Morgan fingerprint density at radius 1 is 1.75 bits per heavy atom. The highest BCUT2D eigenvalue weighted by atomic mass is 32.1. The predicted molar refractivity (Wildman–Crippen MR) is 62.5 cm³/mol. The summed E-state index contributed by atoms with van der Waals surface area (Å²) in [5.74, 6) is -0.355. The average Bonchev–Trinajstić information content (AvgIpc) is 2.76. The molecule has 0 spiro atoms. The largest absolute Gasteiger partial charge is 0.481 e. The molecule has 88 valence electrons. The third kappa shape index (κ3) is 3.02. The third-order valence-corrected chi connectivity index (χ3v) is 3.78. The lowest BCUT2D eigenvalue weighted by atomic mass is 10.1. The maximum Gasteiger partial charge on any atom is 0.303 e. The van der Waals surface area contributed by atoms with Crippen LogP contribution < -0.4 is 0 Å². The van der Waals surface area contributed by atoms with E-state index in [2.05, 4.69) is 9.88 Å². The van der Waals surface area contributed by atoms with Gasteiger partial charge in [-0.15, -0.1) is 11.3 Å². The number of thiazole rings is 1. The highest BCUT2D eigenvalue weighted by Gasteiger charge is 2.24. The monoisotopic (exact) mass is 240 g/mol. The van der Waals surface area contributed by atoms with E-state index in [0.717, 1.165) is 31.1 Å². The molecule has 0 aliphatic carbocycles. The number of aromatic nitrogens is 1. The molecular weight excluding hydrogens is 224 g/mol. The van der Waals surface area contributed by atoms with Gasteiger partial charge in [-0.3, -0.25) is 9.69 Å². The molecular formula is C11H16N2O2S. The zero-order chi connectivity index (χ0) is 11.5. The molecule has 5 heteroatoms. The van der Waals surface area contributed by atoms with Crippen molar-refractivity contribution in [1.29, 1.82) is 0 Å². The van der Waals surface area contributed by atoms with Gasteiger partial charge < -0.3 is 5.11 Å². The molecule has 4 nitrogen and oxygen atoms in total. The van der Waals surface area contributed by atoms with E-state index in [4.69, 9.17) is 5.11 Å². The van der Waals surface area contributed by atoms with Crippen molar-refractivity contribution < 1.29 is 9.90 Å². The molecule has 1 aliphatic rings. The van der Waals surface area contributed by atoms with Crippen molar-refractivity contribution in [2.45, 2.75) is 26.3 Å². The highest BCUT2D eigenvalue weighted by Crippen LogP contribution is 2.23. The van der Waals surface area contributed by atoms with Gasteiger partial charge in [0, 0.05) is 30.6 Å². The van der Waals surface area contributed by atoms with E-state index in [0.29, 0.717) is 12.3 Å². The lowest BCUT2D eigenvalue weighted by Crippen LogP contribution is -2.20. The summed E-state index contributed by atoms with van der Waals surface area (Å²) in [7, 11) is 0. The van der Waals surface area contributed by atoms with Crippen molar-refractivity contribution in [3.63, 3.8) is 0 Å². The van der Waals surface area contributed by atoms with Crippen LogP contribution in [0.5, 0.6) is 0 Å². The maximum absolute atomic E-state index is 10.6. The second-order valence-corrected chi connectivity index (χ2v) is 5.65. The van der Waals surface area contributed by atoms with Gasteiger partial charge in [0.2, 0.25) is 0 Å². The van der Waals surface area contributed by atoms with Crippen LogP contribution in [0.25, 0.3) is 0 Å². The molecule has 0 amide bonds. The Bertz CT molecular complexity index is 378. The Kier molecular flexibility index (Phi) is 3.56. The van der Waals surface area contributed by atoms with Gasteiger partial charge >= 0.3 is 5.97 Å². The van der Waals surface area contributed by atoms with Crippen LogP contribution >= 0.6 is 11.3 Å². The molecule has 1 aromatic heterocycles. The fourth-order valence-corrected chi connectivity index (χ4v) is 3.01. The van der Waals surface area contributed by atoms with Gasteiger partial charge in [-0.2, -0.15) is 0 Å². The number of nitrogens with zero attached hydrogens (tertiary/aromatic N) is 2. The summed E-state index contributed by atoms with van der Waals surface area (Å²) >= 11 is 1.72. The zero-order valence-corrected chi connectivity index (χ0v) is 10.2. The van der Waals surface area contributed by atoms with Crippen molar-refractivity contribution in [3.8, 4) is 0 Å². The minimum Gasteiger partial charge on any atom is -0.481 e. The fraction of sp³-hybridized carbons (Fsp3) is 0.636. The van der Waals surface area contributed by atoms with Gasteiger partial charge in [0.1, 0.15) is 0 Å². The molecule has 0 aromatic carbocycles. The van der Waals surface area contributed by atoms with Crippen LogP contribution in [0.2, 0.25) is 0 Å². The van der Waals surface area contributed by atoms with Gasteiger partial charge in [0.05, 0.1) is 5.01 Å². The summed E-state index contributed by atoms with van der Waals surface area (Å²) in [6.45, 7) is 4.84. The molecule has 2 heterocycles. The number of aliphatic carboxylic acids is 1. The normalized spacial score (nSPS) is 21.4. The van der Waals surface area contributed by atoms with Crippen molar-refractivity contribution in [1.82, 2.24) is 9.88 Å². The van der Waals surface area contributed by atoms with E-state index in [1.807, 2.05) is 13.1 Å². The standard InChI is InChI=1S/C11H16N2O2S/c1-8-12-5-10(16-8)7-13-3-2-9(6-13)4-11(14)15/h5,9H,2-4,6-7H2,1H3,(H,14,15). The molecule has 1 N–H and O–H groups in total. The number of hydrogen-bond donors (Lipinski definition) is 1.